The van der Waals surface area contributed by atoms with Crippen LogP contribution >= 0.6 is 23.2 Å². The number of hydrogen-bond donors (Lipinski definition) is 0. The van der Waals surface area contributed by atoms with Crippen molar-refractivity contribution in [1.82, 2.24) is 0 Å². The average Bonchev–Trinajstić information content (AvgIpc) is 2.42. The molecule has 0 fully saturated rings. The monoisotopic (exact) mass is 316 g/mol. The highest BCUT2D eigenvalue weighted by Crippen LogP contribution is 2.27. The van der Waals surface area contributed by atoms with E-state index in [9.17, 15) is 13.6 Å². The number of methoxy groups -OCH3 is 1. The van der Waals surface area contributed by atoms with E-state index in [1.807, 2.05) is 0 Å². The van der Waals surface area contributed by atoms with Gasteiger partial charge in [0.05, 0.1) is 23.3 Å². The summed E-state index contributed by atoms with van der Waals surface area (Å²) in [5.74, 6) is -2.31. The quantitative estimate of drug-likeness (QED) is 0.615. The second-order valence-electron chi connectivity index (χ2n) is 3.92. The Kier molecular flexibility index (Phi) is 4.26. The zero-order valence-electron chi connectivity index (χ0n) is 10.2. The largest absolute Gasteiger partial charge is 0.496 e. The predicted molar refractivity (Wildman–Crippen MR) is 72.8 cm³/mol. The van der Waals surface area contributed by atoms with Gasteiger partial charge in [-0.15, -0.1) is 0 Å². The van der Waals surface area contributed by atoms with E-state index in [0.29, 0.717) is 0 Å². The van der Waals surface area contributed by atoms with E-state index in [4.69, 9.17) is 27.9 Å². The topological polar surface area (TPSA) is 26.3 Å². The minimum atomic E-state index is -0.913. The van der Waals surface area contributed by atoms with Crippen molar-refractivity contribution in [1.29, 1.82) is 0 Å². The summed E-state index contributed by atoms with van der Waals surface area (Å²) in [6, 6.07) is 5.83. The molecule has 2 aromatic carbocycles. The first-order valence-corrected chi connectivity index (χ1v) is 6.22. The number of ketones is 1. The van der Waals surface area contributed by atoms with Gasteiger partial charge in [0.25, 0.3) is 0 Å². The summed E-state index contributed by atoms with van der Waals surface area (Å²) in [6.07, 6.45) is 0. The molecule has 0 aliphatic heterocycles. The zero-order valence-corrected chi connectivity index (χ0v) is 11.7. The van der Waals surface area contributed by atoms with Gasteiger partial charge >= 0.3 is 0 Å². The molecular weight excluding hydrogens is 309 g/mol. The Hall–Kier alpha value is -1.65. The van der Waals surface area contributed by atoms with Gasteiger partial charge in [0.2, 0.25) is 0 Å². The fourth-order valence-corrected chi connectivity index (χ4v) is 2.02. The molecule has 0 atom stereocenters. The van der Waals surface area contributed by atoms with Gasteiger partial charge < -0.3 is 4.74 Å². The smallest absolute Gasteiger partial charge is 0.199 e. The molecule has 104 valence electrons. The van der Waals surface area contributed by atoms with Crippen LogP contribution in [0.25, 0.3) is 0 Å². The fraction of sp³-hybridized carbons (Fsp3) is 0.0714. The maximum Gasteiger partial charge on any atom is 0.199 e. The predicted octanol–water partition coefficient (Wildman–Crippen LogP) is 4.51. The van der Waals surface area contributed by atoms with Crippen molar-refractivity contribution >= 4 is 29.0 Å². The van der Waals surface area contributed by atoms with Crippen molar-refractivity contribution in [2.24, 2.45) is 0 Å². The van der Waals surface area contributed by atoms with Crippen LogP contribution in [-0.2, 0) is 0 Å². The van der Waals surface area contributed by atoms with Crippen molar-refractivity contribution in [3.05, 3.63) is 63.1 Å². The number of carbonyl (C=O) groups is 1. The van der Waals surface area contributed by atoms with E-state index in [1.54, 1.807) is 0 Å². The lowest BCUT2D eigenvalue weighted by Crippen LogP contribution is -2.07. The van der Waals surface area contributed by atoms with Crippen LogP contribution in [0.1, 0.15) is 15.9 Å². The Morgan fingerprint density at radius 3 is 2.40 bits per heavy atom. The summed E-state index contributed by atoms with van der Waals surface area (Å²) in [7, 11) is 1.36. The van der Waals surface area contributed by atoms with Gasteiger partial charge in [0.15, 0.2) is 5.78 Å². The highest BCUT2D eigenvalue weighted by atomic mass is 35.5. The Morgan fingerprint density at radius 1 is 1.05 bits per heavy atom. The number of halogens is 4. The van der Waals surface area contributed by atoms with Gasteiger partial charge in [-0.05, 0) is 30.3 Å². The molecule has 2 nitrogen and oxygen atoms in total. The molecule has 0 aromatic heterocycles. The third-order valence-electron chi connectivity index (χ3n) is 2.66. The fourth-order valence-electron chi connectivity index (χ4n) is 1.70. The molecule has 0 spiro atoms. The van der Waals surface area contributed by atoms with Crippen LogP contribution < -0.4 is 4.74 Å². The number of ether oxygens (including phenoxy) is 1. The third kappa shape index (κ3) is 2.76. The first-order chi connectivity index (χ1) is 9.43. The third-order valence-corrected chi connectivity index (χ3v) is 3.19. The summed E-state index contributed by atoms with van der Waals surface area (Å²) in [6.45, 7) is 0. The lowest BCUT2D eigenvalue weighted by atomic mass is 10.0. The summed E-state index contributed by atoms with van der Waals surface area (Å²) in [5, 5.41) is -0.110. The highest BCUT2D eigenvalue weighted by Gasteiger charge is 2.20. The first kappa shape index (κ1) is 14.8. The number of benzene rings is 2. The van der Waals surface area contributed by atoms with Crippen LogP contribution in [0, 0.1) is 11.6 Å². The van der Waals surface area contributed by atoms with E-state index >= 15 is 0 Å². The molecule has 6 heteroatoms. The Labute approximate surface area is 123 Å². The second-order valence-corrected chi connectivity index (χ2v) is 4.76. The molecule has 0 amide bonds. The first-order valence-electron chi connectivity index (χ1n) is 5.47. The van der Waals surface area contributed by atoms with E-state index in [-0.39, 0.29) is 16.3 Å². The molecule has 0 N–H and O–H groups in total. The molecule has 0 aliphatic rings. The lowest BCUT2D eigenvalue weighted by Gasteiger charge is -2.09. The van der Waals surface area contributed by atoms with Crippen molar-refractivity contribution < 1.29 is 18.3 Å². The van der Waals surface area contributed by atoms with E-state index < -0.39 is 28.0 Å². The molecule has 0 saturated heterocycles. The van der Waals surface area contributed by atoms with Crippen LogP contribution in [0.5, 0.6) is 5.75 Å². The van der Waals surface area contributed by atoms with Gasteiger partial charge in [-0.2, -0.15) is 0 Å². The standard InChI is InChI=1S/C14H8Cl2F2O2/c1-20-13-3-2-7(15)4-9(13)14(19)8-5-12(18)10(16)6-11(8)17/h2-6H,1H3. The van der Waals surface area contributed by atoms with Crippen molar-refractivity contribution in [2.45, 2.75) is 0 Å². The van der Waals surface area contributed by atoms with Gasteiger partial charge in [0, 0.05) is 5.02 Å². The normalized spacial score (nSPS) is 10.4. The Balaban J connectivity index is 2.57. The van der Waals surface area contributed by atoms with Crippen LogP contribution in [0.2, 0.25) is 10.0 Å². The van der Waals surface area contributed by atoms with Crippen molar-refractivity contribution in [2.75, 3.05) is 7.11 Å². The van der Waals surface area contributed by atoms with Crippen LogP contribution in [0.15, 0.2) is 30.3 Å². The molecule has 20 heavy (non-hydrogen) atoms. The van der Waals surface area contributed by atoms with Crippen molar-refractivity contribution in [3.63, 3.8) is 0 Å². The van der Waals surface area contributed by atoms with Gasteiger partial charge in [-0.3, -0.25) is 4.79 Å². The maximum absolute atomic E-state index is 13.8. The summed E-state index contributed by atoms with van der Waals surface area (Å²) in [5.41, 5.74) is -0.395. The SMILES string of the molecule is COc1ccc(Cl)cc1C(=O)c1cc(F)c(Cl)cc1F. The summed E-state index contributed by atoms with van der Waals surface area (Å²) in [4.78, 5) is 12.3. The van der Waals surface area contributed by atoms with Gasteiger partial charge in [0.1, 0.15) is 17.4 Å². The number of rotatable bonds is 3. The summed E-state index contributed by atoms with van der Waals surface area (Å²) < 4.78 is 32.2. The minimum Gasteiger partial charge on any atom is -0.496 e. The van der Waals surface area contributed by atoms with Crippen molar-refractivity contribution in [3.8, 4) is 5.75 Å². The molecular formula is C14H8Cl2F2O2. The molecule has 0 saturated carbocycles. The lowest BCUT2D eigenvalue weighted by molar-refractivity contribution is 0.103. The molecule has 0 heterocycles. The molecule has 0 unspecified atom stereocenters. The molecule has 0 aliphatic carbocycles. The average molecular weight is 317 g/mol. The summed E-state index contributed by atoms with van der Waals surface area (Å²) >= 11 is 11.3. The highest BCUT2D eigenvalue weighted by molar-refractivity contribution is 6.31. The molecule has 0 bridgehead atoms. The zero-order chi connectivity index (χ0) is 14.9. The van der Waals surface area contributed by atoms with Crippen LogP contribution in [-0.4, -0.2) is 12.9 Å². The maximum atomic E-state index is 13.8. The van der Waals surface area contributed by atoms with E-state index in [2.05, 4.69) is 0 Å². The van der Waals surface area contributed by atoms with E-state index in [1.165, 1.54) is 25.3 Å². The number of hydrogen-bond acceptors (Lipinski definition) is 2. The Bertz CT molecular complexity index is 687. The number of carbonyl (C=O) groups excluding carboxylic acids is 1. The van der Waals surface area contributed by atoms with Crippen LogP contribution in [0.4, 0.5) is 8.78 Å². The minimum absolute atomic E-state index is 0.0422. The second kappa shape index (κ2) is 5.77. The van der Waals surface area contributed by atoms with E-state index in [0.717, 1.165) is 12.1 Å². The molecule has 2 aromatic rings. The molecule has 2 rings (SSSR count). The van der Waals surface area contributed by atoms with Gasteiger partial charge in [-0.1, -0.05) is 23.2 Å². The Morgan fingerprint density at radius 2 is 1.75 bits per heavy atom. The molecule has 0 radical (unpaired) electrons. The van der Waals surface area contributed by atoms with Crippen LogP contribution in [0.3, 0.4) is 0 Å². The van der Waals surface area contributed by atoms with Gasteiger partial charge in [-0.25, -0.2) is 8.78 Å².